The molecule has 0 bridgehead atoms. The molecule has 2 aromatic rings. The third-order valence-electron chi connectivity index (χ3n) is 2.51. The summed E-state index contributed by atoms with van der Waals surface area (Å²) in [5.74, 6) is 6.70. The van der Waals surface area contributed by atoms with E-state index in [-0.39, 0.29) is 13.2 Å². The van der Waals surface area contributed by atoms with Crippen molar-refractivity contribution in [3.05, 3.63) is 56.5 Å². The molecule has 0 saturated carbocycles. The van der Waals surface area contributed by atoms with Gasteiger partial charge in [-0.2, -0.15) is 0 Å². The van der Waals surface area contributed by atoms with Gasteiger partial charge in [0.25, 0.3) is 0 Å². The van der Waals surface area contributed by atoms with Gasteiger partial charge in [0.1, 0.15) is 24.7 Å². The topological polar surface area (TPSA) is 18.5 Å². The summed E-state index contributed by atoms with van der Waals surface area (Å²) in [6.07, 6.45) is 0. The molecule has 2 nitrogen and oxygen atoms in total. The normalized spacial score (nSPS) is 9.82. The zero-order chi connectivity index (χ0) is 15.9. The van der Waals surface area contributed by atoms with Crippen LogP contribution in [0, 0.1) is 11.8 Å². The maximum atomic E-state index is 5.97. The van der Waals surface area contributed by atoms with Gasteiger partial charge in [-0.15, -0.1) is 0 Å². The van der Waals surface area contributed by atoms with Crippen LogP contribution >= 0.6 is 46.4 Å². The van der Waals surface area contributed by atoms with Crippen molar-refractivity contribution in [2.45, 2.75) is 0 Å². The van der Waals surface area contributed by atoms with E-state index in [0.717, 1.165) is 0 Å². The summed E-state index contributed by atoms with van der Waals surface area (Å²) in [5.41, 5.74) is 0. The van der Waals surface area contributed by atoms with Crippen LogP contribution in [0.25, 0.3) is 0 Å². The standard InChI is InChI=1S/C16H10Cl4O2/c17-11-3-5-15(13(19)9-11)21-7-1-2-8-22-16-6-4-12(18)10-14(16)20/h3-6,9-10H,7-8H2. The largest absolute Gasteiger partial charge is 0.479 e. The Labute approximate surface area is 148 Å². The van der Waals surface area contributed by atoms with Crippen LogP contribution in [0.5, 0.6) is 11.5 Å². The molecule has 0 aliphatic rings. The molecule has 0 aliphatic carbocycles. The number of halogens is 4. The van der Waals surface area contributed by atoms with Crippen LogP contribution in [0.3, 0.4) is 0 Å². The van der Waals surface area contributed by atoms with Crippen LogP contribution in [0.15, 0.2) is 36.4 Å². The monoisotopic (exact) mass is 374 g/mol. The molecular weight excluding hydrogens is 366 g/mol. The molecule has 0 amide bonds. The predicted octanol–water partition coefficient (Wildman–Crippen LogP) is 5.76. The average molecular weight is 376 g/mol. The third-order valence-corrected chi connectivity index (χ3v) is 3.57. The molecule has 2 rings (SSSR count). The Morgan fingerprint density at radius 2 is 1.09 bits per heavy atom. The molecular formula is C16H10Cl4O2. The van der Waals surface area contributed by atoms with Crippen molar-refractivity contribution in [3.63, 3.8) is 0 Å². The Bertz CT molecular complexity index is 660. The number of ether oxygens (including phenoxy) is 2. The highest BCUT2D eigenvalue weighted by atomic mass is 35.5. The second kappa shape index (κ2) is 8.41. The van der Waals surface area contributed by atoms with Crippen molar-refractivity contribution in [2.75, 3.05) is 13.2 Å². The van der Waals surface area contributed by atoms with Gasteiger partial charge in [-0.3, -0.25) is 0 Å². The maximum absolute atomic E-state index is 5.97. The molecule has 0 unspecified atom stereocenters. The summed E-state index contributed by atoms with van der Waals surface area (Å²) in [4.78, 5) is 0. The molecule has 0 aliphatic heterocycles. The highest BCUT2D eigenvalue weighted by molar-refractivity contribution is 6.36. The molecule has 114 valence electrons. The molecule has 0 fully saturated rings. The van der Waals surface area contributed by atoms with Crippen molar-refractivity contribution in [1.29, 1.82) is 0 Å². The van der Waals surface area contributed by atoms with Gasteiger partial charge in [0.15, 0.2) is 0 Å². The first kappa shape index (κ1) is 17.1. The van der Waals surface area contributed by atoms with Crippen molar-refractivity contribution < 1.29 is 9.47 Å². The fourth-order valence-corrected chi connectivity index (χ4v) is 2.44. The molecule has 6 heteroatoms. The van der Waals surface area contributed by atoms with E-state index in [1.807, 2.05) is 0 Å². The lowest BCUT2D eigenvalue weighted by Crippen LogP contribution is -1.98. The molecule has 22 heavy (non-hydrogen) atoms. The Balaban J connectivity index is 1.80. The van der Waals surface area contributed by atoms with Crippen LogP contribution in [-0.2, 0) is 0 Å². The second-order valence-corrected chi connectivity index (χ2v) is 5.77. The van der Waals surface area contributed by atoms with Crippen molar-refractivity contribution in [3.8, 4) is 23.3 Å². The smallest absolute Gasteiger partial charge is 0.149 e. The molecule has 0 heterocycles. The van der Waals surface area contributed by atoms with E-state index in [1.165, 1.54) is 0 Å². The summed E-state index contributed by atoms with van der Waals surface area (Å²) < 4.78 is 10.8. The number of benzene rings is 2. The summed E-state index contributed by atoms with van der Waals surface area (Å²) in [5, 5.41) is 1.99. The van der Waals surface area contributed by atoms with E-state index < -0.39 is 0 Å². The number of rotatable bonds is 4. The third kappa shape index (κ3) is 5.19. The quantitative estimate of drug-likeness (QED) is 0.632. The summed E-state index contributed by atoms with van der Waals surface area (Å²) in [6.45, 7) is 0.387. The van der Waals surface area contributed by atoms with Gasteiger partial charge < -0.3 is 9.47 Å². The van der Waals surface area contributed by atoms with Gasteiger partial charge in [0, 0.05) is 10.0 Å². The first-order valence-electron chi connectivity index (χ1n) is 6.17. The minimum absolute atomic E-state index is 0.194. The summed E-state index contributed by atoms with van der Waals surface area (Å²) in [6, 6.07) is 9.99. The van der Waals surface area contributed by atoms with Gasteiger partial charge >= 0.3 is 0 Å². The molecule has 2 aromatic carbocycles. The first-order valence-corrected chi connectivity index (χ1v) is 7.69. The molecule has 0 atom stereocenters. The van der Waals surface area contributed by atoms with Gasteiger partial charge in [0.05, 0.1) is 10.0 Å². The maximum Gasteiger partial charge on any atom is 0.149 e. The minimum atomic E-state index is 0.194. The Kier molecular flexibility index (Phi) is 6.54. The van der Waals surface area contributed by atoms with Gasteiger partial charge in [-0.05, 0) is 36.4 Å². The highest BCUT2D eigenvalue weighted by Gasteiger charge is 2.02. The van der Waals surface area contributed by atoms with E-state index in [9.17, 15) is 0 Å². The number of hydrogen-bond acceptors (Lipinski definition) is 2. The van der Waals surface area contributed by atoms with Gasteiger partial charge in [-0.1, -0.05) is 58.2 Å². The molecule has 0 aromatic heterocycles. The zero-order valence-corrected chi connectivity index (χ0v) is 14.2. The van der Waals surface area contributed by atoms with Crippen molar-refractivity contribution >= 4 is 46.4 Å². The molecule has 0 saturated heterocycles. The lowest BCUT2D eigenvalue weighted by molar-refractivity contribution is 0.362. The van der Waals surface area contributed by atoms with E-state index in [1.54, 1.807) is 36.4 Å². The van der Waals surface area contributed by atoms with Crippen LogP contribution < -0.4 is 9.47 Å². The summed E-state index contributed by atoms with van der Waals surface area (Å²) in [7, 11) is 0. The Morgan fingerprint density at radius 3 is 1.45 bits per heavy atom. The Morgan fingerprint density at radius 1 is 0.682 bits per heavy atom. The highest BCUT2D eigenvalue weighted by Crippen LogP contribution is 2.28. The van der Waals surface area contributed by atoms with Gasteiger partial charge in [0.2, 0.25) is 0 Å². The van der Waals surface area contributed by atoms with Crippen LogP contribution in [-0.4, -0.2) is 13.2 Å². The SMILES string of the molecule is Clc1ccc(OCC#CCOc2ccc(Cl)cc2Cl)c(Cl)c1. The predicted molar refractivity (Wildman–Crippen MR) is 91.7 cm³/mol. The second-order valence-electron chi connectivity index (χ2n) is 4.08. The van der Waals surface area contributed by atoms with E-state index in [0.29, 0.717) is 31.6 Å². The first-order chi connectivity index (χ1) is 10.6. The van der Waals surface area contributed by atoms with Crippen LogP contribution in [0.2, 0.25) is 20.1 Å². The Hall–Kier alpha value is -1.24. The average Bonchev–Trinajstić information content (AvgIpc) is 2.46. The van der Waals surface area contributed by atoms with Gasteiger partial charge in [-0.25, -0.2) is 0 Å². The molecule has 0 spiro atoms. The van der Waals surface area contributed by atoms with E-state index >= 15 is 0 Å². The zero-order valence-electron chi connectivity index (χ0n) is 11.2. The van der Waals surface area contributed by atoms with E-state index in [4.69, 9.17) is 55.9 Å². The van der Waals surface area contributed by atoms with Crippen molar-refractivity contribution in [2.24, 2.45) is 0 Å². The van der Waals surface area contributed by atoms with Crippen LogP contribution in [0.1, 0.15) is 0 Å². The lowest BCUT2D eigenvalue weighted by atomic mass is 10.3. The lowest BCUT2D eigenvalue weighted by Gasteiger charge is -2.05. The van der Waals surface area contributed by atoms with Crippen LogP contribution in [0.4, 0.5) is 0 Å². The number of hydrogen-bond donors (Lipinski definition) is 0. The molecule has 0 N–H and O–H groups in total. The molecule has 0 radical (unpaired) electrons. The fourth-order valence-electron chi connectivity index (χ4n) is 1.51. The summed E-state index contributed by atoms with van der Waals surface area (Å²) >= 11 is 23.5. The fraction of sp³-hybridized carbons (Fsp3) is 0.125. The minimum Gasteiger partial charge on any atom is -0.479 e. The van der Waals surface area contributed by atoms with Crippen molar-refractivity contribution in [1.82, 2.24) is 0 Å². The van der Waals surface area contributed by atoms with E-state index in [2.05, 4.69) is 11.8 Å².